The van der Waals surface area contributed by atoms with Crippen LogP contribution in [0, 0.1) is 0 Å². The fourth-order valence-electron chi connectivity index (χ4n) is 0.500. The smallest absolute Gasteiger partial charge is 0.384 e. The van der Waals surface area contributed by atoms with Crippen molar-refractivity contribution in [3.8, 4) is 0 Å². The van der Waals surface area contributed by atoms with Crippen molar-refractivity contribution >= 4 is 17.4 Å². The Kier molecular flexibility index (Phi) is 5.62. The predicted octanol–water partition coefficient (Wildman–Crippen LogP) is 2.72. The lowest BCUT2D eigenvalue weighted by Gasteiger charge is -2.01. The Bertz CT molecular complexity index is 187. The summed E-state index contributed by atoms with van der Waals surface area (Å²) >= 11 is 4.43. The number of allylic oxidation sites excluding steroid dienone is 1. The molecule has 0 aromatic rings. The Labute approximate surface area is 80.5 Å². The molecular weight excluding hydrogens is 202 g/mol. The zero-order valence-electron chi connectivity index (χ0n) is 7.23. The first kappa shape index (κ1) is 12.4. The zero-order chi connectivity index (χ0) is 10.3. The third-order valence-electron chi connectivity index (χ3n) is 1.21. The lowest BCUT2D eigenvalue weighted by molar-refractivity contribution is -0.128. The second-order valence-electron chi connectivity index (χ2n) is 2.39. The molecule has 0 aliphatic carbocycles. The Morgan fingerprint density at radius 2 is 2.23 bits per heavy atom. The van der Waals surface area contributed by atoms with Crippen molar-refractivity contribution in [2.45, 2.75) is 25.1 Å². The highest BCUT2D eigenvalue weighted by Gasteiger charge is 2.33. The van der Waals surface area contributed by atoms with Gasteiger partial charge in [-0.15, -0.1) is 0 Å². The van der Waals surface area contributed by atoms with Crippen molar-refractivity contribution in [3.63, 3.8) is 0 Å². The number of halogens is 3. The summed E-state index contributed by atoms with van der Waals surface area (Å²) in [6.45, 7) is 2.37. The third-order valence-corrected chi connectivity index (χ3v) is 1.40. The fourth-order valence-corrected chi connectivity index (χ4v) is 0.563. The van der Waals surface area contributed by atoms with Crippen LogP contribution in [-0.4, -0.2) is 17.8 Å². The molecular formula is C8H11ClF2O2. The molecule has 2 nitrogen and oxygen atoms in total. The summed E-state index contributed by atoms with van der Waals surface area (Å²) in [6.07, 6.45) is 3.32. The molecule has 0 N–H and O–H groups in total. The van der Waals surface area contributed by atoms with E-state index in [4.69, 9.17) is 4.74 Å². The first-order valence-corrected chi connectivity index (χ1v) is 4.25. The van der Waals surface area contributed by atoms with Gasteiger partial charge in [0.15, 0.2) is 0 Å². The molecule has 0 radical (unpaired) electrons. The van der Waals surface area contributed by atoms with Crippen molar-refractivity contribution in [3.05, 3.63) is 12.3 Å². The zero-order valence-corrected chi connectivity index (χ0v) is 7.98. The van der Waals surface area contributed by atoms with Gasteiger partial charge in [0.05, 0.1) is 12.9 Å². The number of alkyl halides is 3. The second kappa shape index (κ2) is 5.91. The van der Waals surface area contributed by atoms with Crippen molar-refractivity contribution in [1.29, 1.82) is 0 Å². The van der Waals surface area contributed by atoms with Gasteiger partial charge in [-0.25, -0.2) is 0 Å². The molecule has 0 bridgehead atoms. The van der Waals surface area contributed by atoms with Crippen molar-refractivity contribution in [1.82, 2.24) is 0 Å². The number of carbonyl (C=O) groups is 1. The standard InChI is InChI=1S/C8H11ClF2O2/c1-2-3-5-13-6-4-7(12)8(9,10)11/h4,6H,2-3,5H2,1H3/b6-4-. The lowest BCUT2D eigenvalue weighted by Crippen LogP contribution is -2.18. The fraction of sp³-hybridized carbons (Fsp3) is 0.625. The van der Waals surface area contributed by atoms with Crippen LogP contribution in [-0.2, 0) is 9.53 Å². The maximum Gasteiger partial charge on any atom is 0.384 e. The predicted molar refractivity (Wildman–Crippen MR) is 45.8 cm³/mol. The monoisotopic (exact) mass is 212 g/mol. The van der Waals surface area contributed by atoms with Gasteiger partial charge in [0.25, 0.3) is 0 Å². The Morgan fingerprint density at radius 1 is 1.62 bits per heavy atom. The molecule has 0 saturated heterocycles. The Hall–Kier alpha value is -0.640. The molecule has 5 heteroatoms. The Morgan fingerprint density at radius 3 is 2.69 bits per heavy atom. The third kappa shape index (κ3) is 6.51. The Balaban J connectivity index is 3.67. The summed E-state index contributed by atoms with van der Waals surface area (Å²) in [5, 5.41) is -3.83. The summed E-state index contributed by atoms with van der Waals surface area (Å²) in [5.41, 5.74) is 0. The van der Waals surface area contributed by atoms with E-state index < -0.39 is 11.2 Å². The summed E-state index contributed by atoms with van der Waals surface area (Å²) in [7, 11) is 0. The van der Waals surface area contributed by atoms with Crippen LogP contribution in [0.2, 0.25) is 0 Å². The van der Waals surface area contributed by atoms with E-state index in [9.17, 15) is 13.6 Å². The quantitative estimate of drug-likeness (QED) is 0.293. The van der Waals surface area contributed by atoms with Gasteiger partial charge in [0.2, 0.25) is 5.78 Å². The van der Waals surface area contributed by atoms with Crippen molar-refractivity contribution < 1.29 is 18.3 Å². The summed E-state index contributed by atoms with van der Waals surface area (Å²) < 4.78 is 28.7. The van der Waals surface area contributed by atoms with E-state index in [0.29, 0.717) is 12.7 Å². The van der Waals surface area contributed by atoms with Crippen LogP contribution in [0.4, 0.5) is 8.78 Å². The van der Waals surface area contributed by atoms with Crippen LogP contribution in [0.5, 0.6) is 0 Å². The van der Waals surface area contributed by atoms with Crippen LogP contribution in [0.3, 0.4) is 0 Å². The largest absolute Gasteiger partial charge is 0.501 e. The van der Waals surface area contributed by atoms with Crippen molar-refractivity contribution in [2.75, 3.05) is 6.61 Å². The summed E-state index contributed by atoms with van der Waals surface area (Å²) in [5.74, 6) is -1.47. The minimum absolute atomic E-state index is 0.411. The maximum absolute atomic E-state index is 12.0. The highest BCUT2D eigenvalue weighted by atomic mass is 35.5. The average molecular weight is 213 g/mol. The molecule has 0 aliphatic heterocycles. The number of unbranched alkanes of at least 4 members (excludes halogenated alkanes) is 1. The summed E-state index contributed by atoms with van der Waals surface area (Å²) in [6, 6.07) is 0. The van der Waals surface area contributed by atoms with Gasteiger partial charge in [-0.05, 0) is 18.0 Å². The molecule has 0 rings (SSSR count). The molecule has 0 fully saturated rings. The van der Waals surface area contributed by atoms with E-state index in [1.54, 1.807) is 0 Å². The topological polar surface area (TPSA) is 26.3 Å². The van der Waals surface area contributed by atoms with Gasteiger partial charge in [-0.3, -0.25) is 4.79 Å². The number of ketones is 1. The van der Waals surface area contributed by atoms with Gasteiger partial charge < -0.3 is 4.74 Å². The van der Waals surface area contributed by atoms with E-state index in [2.05, 4.69) is 11.6 Å². The highest BCUT2D eigenvalue weighted by Crippen LogP contribution is 2.20. The van der Waals surface area contributed by atoms with Gasteiger partial charge in [-0.1, -0.05) is 13.3 Å². The van der Waals surface area contributed by atoms with Crippen LogP contribution >= 0.6 is 11.6 Å². The number of hydrogen-bond donors (Lipinski definition) is 0. The minimum Gasteiger partial charge on any atom is -0.501 e. The van der Waals surface area contributed by atoms with Crippen LogP contribution in [0.1, 0.15) is 19.8 Å². The van der Waals surface area contributed by atoms with Crippen molar-refractivity contribution in [2.24, 2.45) is 0 Å². The van der Waals surface area contributed by atoms with E-state index in [0.717, 1.165) is 19.1 Å². The molecule has 0 saturated carbocycles. The summed E-state index contributed by atoms with van der Waals surface area (Å²) in [4.78, 5) is 10.4. The minimum atomic E-state index is -3.83. The molecule has 0 amide bonds. The molecule has 0 aromatic heterocycles. The molecule has 0 aliphatic rings. The number of ether oxygens (including phenoxy) is 1. The van der Waals surface area contributed by atoms with Gasteiger partial charge in [0, 0.05) is 6.08 Å². The normalized spacial score (nSPS) is 12.0. The van der Waals surface area contributed by atoms with E-state index in [-0.39, 0.29) is 0 Å². The number of rotatable bonds is 6. The first-order chi connectivity index (χ1) is 5.98. The van der Waals surface area contributed by atoms with Gasteiger partial charge in [-0.2, -0.15) is 8.78 Å². The number of carbonyl (C=O) groups excluding carboxylic acids is 1. The molecule has 0 spiro atoms. The molecule has 0 atom stereocenters. The molecule has 13 heavy (non-hydrogen) atoms. The molecule has 0 heterocycles. The molecule has 0 aromatic carbocycles. The lowest BCUT2D eigenvalue weighted by atomic mass is 10.4. The maximum atomic E-state index is 12.0. The van der Waals surface area contributed by atoms with E-state index in [1.807, 2.05) is 6.92 Å². The van der Waals surface area contributed by atoms with E-state index >= 15 is 0 Å². The van der Waals surface area contributed by atoms with Crippen LogP contribution in [0.25, 0.3) is 0 Å². The molecule has 76 valence electrons. The average Bonchev–Trinajstić information content (AvgIpc) is 2.02. The SMILES string of the molecule is CCCCO/C=C\C(=O)C(F)(F)Cl. The first-order valence-electron chi connectivity index (χ1n) is 3.87. The van der Waals surface area contributed by atoms with Gasteiger partial charge >= 0.3 is 5.38 Å². The van der Waals surface area contributed by atoms with Gasteiger partial charge in [0.1, 0.15) is 0 Å². The highest BCUT2D eigenvalue weighted by molar-refractivity contribution is 6.34. The molecule has 0 unspecified atom stereocenters. The van der Waals surface area contributed by atoms with Crippen LogP contribution in [0.15, 0.2) is 12.3 Å². The second-order valence-corrected chi connectivity index (χ2v) is 2.86. The number of hydrogen-bond acceptors (Lipinski definition) is 2. The van der Waals surface area contributed by atoms with E-state index in [1.165, 1.54) is 0 Å². The van der Waals surface area contributed by atoms with Crippen LogP contribution < -0.4 is 0 Å².